The van der Waals surface area contributed by atoms with Gasteiger partial charge in [-0.15, -0.1) is 5.10 Å². The molecule has 76 valence electrons. The summed E-state index contributed by atoms with van der Waals surface area (Å²) in [7, 11) is 0. The molecule has 3 heteroatoms. The highest BCUT2D eigenvalue weighted by molar-refractivity contribution is 6.29. The van der Waals surface area contributed by atoms with Gasteiger partial charge in [0.15, 0.2) is 5.15 Å². The third-order valence-corrected chi connectivity index (χ3v) is 2.52. The normalized spacial score (nSPS) is 10.3. The SMILES string of the molecule is Cc1ccccc1Cc1cnnc(Cl)c1. The Morgan fingerprint density at radius 1 is 1.27 bits per heavy atom. The van der Waals surface area contributed by atoms with E-state index in [4.69, 9.17) is 11.6 Å². The van der Waals surface area contributed by atoms with Crippen molar-refractivity contribution >= 4 is 11.6 Å². The standard InChI is InChI=1S/C12H11ClN2/c1-9-4-2-3-5-11(9)6-10-7-12(13)15-14-8-10/h2-5,7-8H,6H2,1H3. The van der Waals surface area contributed by atoms with Crippen molar-refractivity contribution in [3.63, 3.8) is 0 Å². The second kappa shape index (κ2) is 4.41. The van der Waals surface area contributed by atoms with Gasteiger partial charge in [0.25, 0.3) is 0 Å². The number of rotatable bonds is 2. The Labute approximate surface area is 93.9 Å². The molecule has 0 fully saturated rings. The van der Waals surface area contributed by atoms with Crippen LogP contribution < -0.4 is 0 Å². The highest BCUT2D eigenvalue weighted by atomic mass is 35.5. The van der Waals surface area contributed by atoms with Crippen LogP contribution in [0.5, 0.6) is 0 Å². The molecule has 2 rings (SSSR count). The zero-order chi connectivity index (χ0) is 10.7. The molecule has 1 heterocycles. The van der Waals surface area contributed by atoms with Crippen LogP contribution in [-0.4, -0.2) is 10.2 Å². The van der Waals surface area contributed by atoms with E-state index in [0.717, 1.165) is 12.0 Å². The van der Waals surface area contributed by atoms with Gasteiger partial charge in [-0.3, -0.25) is 0 Å². The molecule has 2 nitrogen and oxygen atoms in total. The Morgan fingerprint density at radius 3 is 2.80 bits per heavy atom. The van der Waals surface area contributed by atoms with Gasteiger partial charge in [0.2, 0.25) is 0 Å². The van der Waals surface area contributed by atoms with Crippen molar-refractivity contribution in [2.24, 2.45) is 0 Å². The molecule has 0 bridgehead atoms. The summed E-state index contributed by atoms with van der Waals surface area (Å²) in [6.07, 6.45) is 2.60. The minimum absolute atomic E-state index is 0.445. The molecule has 1 aromatic heterocycles. The maximum Gasteiger partial charge on any atom is 0.151 e. The van der Waals surface area contributed by atoms with Crippen LogP contribution in [-0.2, 0) is 6.42 Å². The van der Waals surface area contributed by atoms with E-state index in [-0.39, 0.29) is 0 Å². The quantitative estimate of drug-likeness (QED) is 0.775. The maximum absolute atomic E-state index is 5.78. The van der Waals surface area contributed by atoms with E-state index < -0.39 is 0 Å². The third-order valence-electron chi connectivity index (χ3n) is 2.34. The first kappa shape index (κ1) is 10.1. The predicted molar refractivity (Wildman–Crippen MR) is 61.0 cm³/mol. The van der Waals surface area contributed by atoms with Gasteiger partial charge in [0, 0.05) is 0 Å². The van der Waals surface area contributed by atoms with Crippen LogP contribution in [0.2, 0.25) is 5.15 Å². The summed E-state index contributed by atoms with van der Waals surface area (Å²) >= 11 is 5.78. The fraction of sp³-hybridized carbons (Fsp3) is 0.167. The molecule has 2 aromatic rings. The topological polar surface area (TPSA) is 25.8 Å². The molecule has 0 spiro atoms. The number of aryl methyl sites for hydroxylation is 1. The Morgan fingerprint density at radius 2 is 2.07 bits per heavy atom. The van der Waals surface area contributed by atoms with E-state index in [1.54, 1.807) is 6.20 Å². The molecule has 0 amide bonds. The Balaban J connectivity index is 2.26. The van der Waals surface area contributed by atoms with Crippen molar-refractivity contribution in [3.8, 4) is 0 Å². The van der Waals surface area contributed by atoms with Crippen LogP contribution in [0.15, 0.2) is 36.5 Å². The van der Waals surface area contributed by atoms with Gasteiger partial charge in [-0.25, -0.2) is 0 Å². The Bertz CT molecular complexity index is 469. The maximum atomic E-state index is 5.78. The Hall–Kier alpha value is -1.41. The van der Waals surface area contributed by atoms with Gasteiger partial charge in [-0.1, -0.05) is 35.9 Å². The van der Waals surface area contributed by atoms with Crippen LogP contribution in [0.4, 0.5) is 0 Å². The molecule has 0 aliphatic carbocycles. The highest BCUT2D eigenvalue weighted by Gasteiger charge is 2.00. The molecule has 0 saturated heterocycles. The van der Waals surface area contributed by atoms with E-state index in [9.17, 15) is 0 Å². The van der Waals surface area contributed by atoms with Crippen molar-refractivity contribution in [1.29, 1.82) is 0 Å². The lowest BCUT2D eigenvalue weighted by Gasteiger charge is -2.04. The van der Waals surface area contributed by atoms with Crippen LogP contribution in [0.1, 0.15) is 16.7 Å². The zero-order valence-corrected chi connectivity index (χ0v) is 9.20. The average molecular weight is 219 g/mol. The minimum atomic E-state index is 0.445. The second-order valence-corrected chi connectivity index (χ2v) is 3.88. The van der Waals surface area contributed by atoms with E-state index in [2.05, 4.69) is 29.3 Å². The van der Waals surface area contributed by atoms with Gasteiger partial charge in [0.05, 0.1) is 6.20 Å². The first-order chi connectivity index (χ1) is 7.25. The lowest BCUT2D eigenvalue weighted by atomic mass is 10.0. The van der Waals surface area contributed by atoms with Crippen molar-refractivity contribution in [2.45, 2.75) is 13.3 Å². The third kappa shape index (κ3) is 2.54. The summed E-state index contributed by atoms with van der Waals surface area (Å²) in [6, 6.07) is 10.1. The van der Waals surface area contributed by atoms with Gasteiger partial charge >= 0.3 is 0 Å². The highest BCUT2D eigenvalue weighted by Crippen LogP contribution is 2.14. The number of halogens is 1. The van der Waals surface area contributed by atoms with Crippen molar-refractivity contribution in [2.75, 3.05) is 0 Å². The van der Waals surface area contributed by atoms with Crippen LogP contribution >= 0.6 is 11.6 Å². The fourth-order valence-electron chi connectivity index (χ4n) is 1.50. The average Bonchev–Trinajstić information content (AvgIpc) is 2.22. The molecule has 1 aromatic carbocycles. The van der Waals surface area contributed by atoms with Crippen molar-refractivity contribution < 1.29 is 0 Å². The molecule has 0 radical (unpaired) electrons. The molecule has 0 saturated carbocycles. The zero-order valence-electron chi connectivity index (χ0n) is 8.44. The smallest absolute Gasteiger partial charge is 0.151 e. The summed E-state index contributed by atoms with van der Waals surface area (Å²) < 4.78 is 0. The molecule has 0 atom stereocenters. The Kier molecular flexibility index (Phi) is 2.97. The summed E-state index contributed by atoms with van der Waals surface area (Å²) in [5, 5.41) is 7.99. The number of aromatic nitrogens is 2. The van der Waals surface area contributed by atoms with Gasteiger partial charge in [-0.05, 0) is 36.1 Å². The number of hydrogen-bond acceptors (Lipinski definition) is 2. The summed E-state index contributed by atoms with van der Waals surface area (Å²) in [4.78, 5) is 0. The molecule has 0 unspecified atom stereocenters. The fourth-order valence-corrected chi connectivity index (χ4v) is 1.69. The molecule has 0 aliphatic heterocycles. The van der Waals surface area contributed by atoms with Gasteiger partial charge in [0.1, 0.15) is 0 Å². The predicted octanol–water partition coefficient (Wildman–Crippen LogP) is 3.03. The first-order valence-electron chi connectivity index (χ1n) is 4.77. The minimum Gasteiger partial charge on any atom is -0.157 e. The van der Waals surface area contributed by atoms with E-state index in [1.165, 1.54) is 11.1 Å². The second-order valence-electron chi connectivity index (χ2n) is 3.49. The molecule has 0 aliphatic rings. The van der Waals surface area contributed by atoms with E-state index >= 15 is 0 Å². The number of benzene rings is 1. The van der Waals surface area contributed by atoms with Crippen molar-refractivity contribution in [1.82, 2.24) is 10.2 Å². The summed E-state index contributed by atoms with van der Waals surface area (Å²) in [6.45, 7) is 2.10. The number of nitrogens with zero attached hydrogens (tertiary/aromatic N) is 2. The molecule has 0 N–H and O–H groups in total. The lowest BCUT2D eigenvalue weighted by molar-refractivity contribution is 0.992. The summed E-state index contributed by atoms with van der Waals surface area (Å²) in [5.74, 6) is 0. The lowest BCUT2D eigenvalue weighted by Crippen LogP contribution is -1.93. The summed E-state index contributed by atoms with van der Waals surface area (Å²) in [5.41, 5.74) is 3.66. The van der Waals surface area contributed by atoms with E-state index in [0.29, 0.717) is 5.15 Å². The van der Waals surface area contributed by atoms with E-state index in [1.807, 2.05) is 18.2 Å². The van der Waals surface area contributed by atoms with Crippen LogP contribution in [0.3, 0.4) is 0 Å². The molecule has 15 heavy (non-hydrogen) atoms. The first-order valence-corrected chi connectivity index (χ1v) is 5.15. The monoisotopic (exact) mass is 218 g/mol. The van der Waals surface area contributed by atoms with Gasteiger partial charge in [-0.2, -0.15) is 5.10 Å². The van der Waals surface area contributed by atoms with Crippen LogP contribution in [0.25, 0.3) is 0 Å². The largest absolute Gasteiger partial charge is 0.157 e. The van der Waals surface area contributed by atoms with Crippen LogP contribution in [0, 0.1) is 6.92 Å². The van der Waals surface area contributed by atoms with Gasteiger partial charge < -0.3 is 0 Å². The molecular weight excluding hydrogens is 208 g/mol. The molecular formula is C12H11ClN2. The number of hydrogen-bond donors (Lipinski definition) is 0. The van der Waals surface area contributed by atoms with Crippen molar-refractivity contribution in [3.05, 3.63) is 58.4 Å².